The van der Waals surface area contributed by atoms with E-state index in [-0.39, 0.29) is 5.91 Å². The second-order valence-corrected chi connectivity index (χ2v) is 7.31. The summed E-state index contributed by atoms with van der Waals surface area (Å²) >= 11 is 4.98. The van der Waals surface area contributed by atoms with Crippen molar-refractivity contribution in [1.29, 1.82) is 0 Å². The molecule has 0 spiro atoms. The van der Waals surface area contributed by atoms with Crippen LogP contribution in [0.3, 0.4) is 0 Å². The molecule has 0 saturated heterocycles. The van der Waals surface area contributed by atoms with Gasteiger partial charge in [-0.3, -0.25) is 4.79 Å². The van der Waals surface area contributed by atoms with Crippen LogP contribution in [0.5, 0.6) is 0 Å². The number of carbonyl (C=O) groups is 1. The van der Waals surface area contributed by atoms with Gasteiger partial charge in [0.1, 0.15) is 0 Å². The molecule has 0 radical (unpaired) electrons. The molecule has 0 aliphatic rings. The van der Waals surface area contributed by atoms with Gasteiger partial charge in [-0.25, -0.2) is 4.98 Å². The average molecular weight is 416 g/mol. The van der Waals surface area contributed by atoms with Crippen LogP contribution in [-0.4, -0.2) is 16.9 Å². The second kappa shape index (κ2) is 8.38. The lowest BCUT2D eigenvalue weighted by Crippen LogP contribution is -2.45. The Morgan fingerprint density at radius 2 is 2.00 bits per heavy atom. The molecule has 3 rings (SSSR count). The van der Waals surface area contributed by atoms with Gasteiger partial charge in [0.15, 0.2) is 0 Å². The molecule has 0 aliphatic heterocycles. The normalized spacial score (nSPS) is 11.9. The highest BCUT2D eigenvalue weighted by Crippen LogP contribution is 2.23. The van der Waals surface area contributed by atoms with E-state index in [9.17, 15) is 4.79 Å². The number of carbonyl (C=O) groups excluding carboxylic acids is 1. The molecule has 6 heteroatoms. The highest BCUT2D eigenvalue weighted by Gasteiger charge is 2.23. The third-order valence-electron chi connectivity index (χ3n) is 3.81. The minimum atomic E-state index is -0.611. The van der Waals surface area contributed by atoms with Crippen molar-refractivity contribution in [3.63, 3.8) is 0 Å². The van der Waals surface area contributed by atoms with Gasteiger partial charge in [-0.1, -0.05) is 52.3 Å². The van der Waals surface area contributed by atoms with Gasteiger partial charge in [0, 0.05) is 15.5 Å². The van der Waals surface area contributed by atoms with Crippen molar-refractivity contribution in [2.75, 3.05) is 4.90 Å². The summed E-state index contributed by atoms with van der Waals surface area (Å²) in [6.45, 7) is 0.404. The van der Waals surface area contributed by atoms with Gasteiger partial charge in [0.2, 0.25) is 5.91 Å². The minimum Gasteiger partial charge on any atom is -0.320 e. The Morgan fingerprint density at radius 3 is 2.68 bits per heavy atom. The molecule has 4 nitrogen and oxygen atoms in total. The first-order chi connectivity index (χ1) is 12.1. The molecular formula is C19H18BrN3OS. The second-order valence-electron chi connectivity index (χ2n) is 5.68. The van der Waals surface area contributed by atoms with Crippen molar-refractivity contribution < 1.29 is 4.79 Å². The lowest BCUT2D eigenvalue weighted by molar-refractivity contribution is -0.120. The summed E-state index contributed by atoms with van der Waals surface area (Å²) in [5.74, 6) is -0.116. The van der Waals surface area contributed by atoms with E-state index >= 15 is 0 Å². The van der Waals surface area contributed by atoms with Gasteiger partial charge in [-0.2, -0.15) is 0 Å². The lowest BCUT2D eigenvalue weighted by Gasteiger charge is -2.25. The monoisotopic (exact) mass is 415 g/mol. The van der Waals surface area contributed by atoms with E-state index in [1.54, 1.807) is 10.4 Å². The summed E-state index contributed by atoms with van der Waals surface area (Å²) in [5.41, 5.74) is 10.7. The fraction of sp³-hybridized carbons (Fsp3) is 0.158. The maximum Gasteiger partial charge on any atom is 0.244 e. The summed E-state index contributed by atoms with van der Waals surface area (Å²) in [6, 6.07) is 16.9. The molecule has 0 fully saturated rings. The van der Waals surface area contributed by atoms with Crippen LogP contribution in [0.1, 0.15) is 11.3 Å². The first-order valence-electron chi connectivity index (χ1n) is 7.87. The van der Waals surface area contributed by atoms with Crippen molar-refractivity contribution in [2.45, 2.75) is 19.0 Å². The van der Waals surface area contributed by atoms with E-state index < -0.39 is 6.04 Å². The van der Waals surface area contributed by atoms with E-state index in [4.69, 9.17) is 5.73 Å². The zero-order valence-electron chi connectivity index (χ0n) is 13.5. The SMILES string of the molecule is N[C@@H](Cc1ccccc1)C(=O)N(Cc1cscn1)c1cccc(Br)c1. The van der Waals surface area contributed by atoms with Gasteiger partial charge in [-0.05, 0) is 30.2 Å². The van der Waals surface area contributed by atoms with Gasteiger partial charge >= 0.3 is 0 Å². The first-order valence-corrected chi connectivity index (χ1v) is 9.60. The summed E-state index contributed by atoms with van der Waals surface area (Å²) in [7, 11) is 0. The fourth-order valence-corrected chi connectivity index (χ4v) is 3.51. The molecule has 2 aromatic carbocycles. The van der Waals surface area contributed by atoms with Crippen molar-refractivity contribution in [3.05, 3.63) is 81.2 Å². The number of nitrogens with two attached hydrogens (primary N) is 1. The average Bonchev–Trinajstić information content (AvgIpc) is 3.13. The first kappa shape index (κ1) is 17.8. The maximum absolute atomic E-state index is 13.0. The van der Waals surface area contributed by atoms with Gasteiger partial charge in [-0.15, -0.1) is 11.3 Å². The minimum absolute atomic E-state index is 0.116. The van der Waals surface area contributed by atoms with Crippen LogP contribution in [0.15, 0.2) is 70.0 Å². The van der Waals surface area contributed by atoms with Crippen LogP contribution < -0.4 is 10.6 Å². The van der Waals surface area contributed by atoms with Crippen molar-refractivity contribution in [1.82, 2.24) is 4.98 Å². The summed E-state index contributed by atoms with van der Waals surface area (Å²) < 4.78 is 0.915. The predicted octanol–water partition coefficient (Wildman–Crippen LogP) is 4.01. The molecule has 0 unspecified atom stereocenters. The quantitative estimate of drug-likeness (QED) is 0.661. The zero-order valence-corrected chi connectivity index (χ0v) is 15.9. The predicted molar refractivity (Wildman–Crippen MR) is 106 cm³/mol. The van der Waals surface area contributed by atoms with Crippen molar-refractivity contribution >= 4 is 38.9 Å². The number of benzene rings is 2. The molecule has 2 N–H and O–H groups in total. The third-order valence-corrected chi connectivity index (χ3v) is 4.93. The molecule has 1 atom stereocenters. The molecule has 0 bridgehead atoms. The molecule has 1 heterocycles. The van der Waals surface area contributed by atoms with E-state index in [1.165, 1.54) is 11.3 Å². The number of halogens is 1. The van der Waals surface area contributed by atoms with Crippen LogP contribution in [0.2, 0.25) is 0 Å². The highest BCUT2D eigenvalue weighted by molar-refractivity contribution is 9.10. The van der Waals surface area contributed by atoms with Gasteiger partial charge in [0.25, 0.3) is 0 Å². The van der Waals surface area contributed by atoms with Gasteiger partial charge in [0.05, 0.1) is 23.8 Å². The Balaban J connectivity index is 1.83. The molecule has 128 valence electrons. The largest absolute Gasteiger partial charge is 0.320 e. The number of nitrogens with zero attached hydrogens (tertiary/aromatic N) is 2. The maximum atomic E-state index is 13.0. The fourth-order valence-electron chi connectivity index (χ4n) is 2.57. The Kier molecular flexibility index (Phi) is 5.96. The van der Waals surface area contributed by atoms with E-state index in [2.05, 4.69) is 20.9 Å². The lowest BCUT2D eigenvalue weighted by atomic mass is 10.1. The van der Waals surface area contributed by atoms with E-state index in [1.807, 2.05) is 60.0 Å². The van der Waals surface area contributed by atoms with E-state index in [0.717, 1.165) is 21.4 Å². The van der Waals surface area contributed by atoms with Crippen LogP contribution in [-0.2, 0) is 17.8 Å². The third kappa shape index (κ3) is 4.75. The molecule has 0 saturated carbocycles. The molecule has 0 aliphatic carbocycles. The zero-order chi connectivity index (χ0) is 17.6. The summed E-state index contributed by atoms with van der Waals surface area (Å²) in [5, 5.41) is 1.95. The van der Waals surface area contributed by atoms with Crippen LogP contribution in [0.4, 0.5) is 5.69 Å². The number of thiazole rings is 1. The van der Waals surface area contributed by atoms with Crippen LogP contribution in [0.25, 0.3) is 0 Å². The Hall–Kier alpha value is -2.02. The Labute approximate surface area is 159 Å². The Bertz CT molecular complexity index is 824. The number of hydrogen-bond acceptors (Lipinski definition) is 4. The highest BCUT2D eigenvalue weighted by atomic mass is 79.9. The molecular weight excluding hydrogens is 398 g/mol. The number of amides is 1. The smallest absolute Gasteiger partial charge is 0.244 e. The topological polar surface area (TPSA) is 59.2 Å². The Morgan fingerprint density at radius 1 is 1.20 bits per heavy atom. The van der Waals surface area contributed by atoms with E-state index in [0.29, 0.717) is 13.0 Å². The van der Waals surface area contributed by atoms with Crippen molar-refractivity contribution in [3.8, 4) is 0 Å². The molecule has 1 amide bonds. The molecule has 25 heavy (non-hydrogen) atoms. The molecule has 3 aromatic rings. The van der Waals surface area contributed by atoms with Crippen LogP contribution in [0, 0.1) is 0 Å². The number of hydrogen-bond donors (Lipinski definition) is 1. The summed E-state index contributed by atoms with van der Waals surface area (Å²) in [4.78, 5) is 19.1. The standard InChI is InChI=1S/C19H18BrN3OS/c20-15-7-4-8-17(10-15)23(11-16-12-25-13-22-16)19(24)18(21)9-14-5-2-1-3-6-14/h1-8,10,12-13,18H,9,11,21H2/t18-/m0/s1. The van der Waals surface area contributed by atoms with Crippen molar-refractivity contribution in [2.24, 2.45) is 5.73 Å². The van der Waals surface area contributed by atoms with Gasteiger partial charge < -0.3 is 10.6 Å². The number of anilines is 1. The summed E-state index contributed by atoms with van der Waals surface area (Å²) in [6.07, 6.45) is 0.501. The van der Waals surface area contributed by atoms with Crippen LogP contribution >= 0.6 is 27.3 Å². The molecule has 1 aromatic heterocycles. The number of rotatable bonds is 6. The number of aromatic nitrogens is 1.